The van der Waals surface area contributed by atoms with E-state index in [0.717, 1.165) is 29.7 Å². The molecule has 1 fully saturated rings. The van der Waals surface area contributed by atoms with Gasteiger partial charge in [0.1, 0.15) is 12.4 Å². The average molecular weight is 451 g/mol. The molecule has 1 aliphatic rings. The number of benzene rings is 2. The van der Waals surface area contributed by atoms with Crippen LogP contribution in [0.4, 0.5) is 0 Å². The van der Waals surface area contributed by atoms with Gasteiger partial charge < -0.3 is 29.9 Å². The summed E-state index contributed by atoms with van der Waals surface area (Å²) in [6, 6.07) is 13.1. The molecule has 3 atom stereocenters. The summed E-state index contributed by atoms with van der Waals surface area (Å²) in [5.41, 5.74) is 2.57. The molecule has 6 nitrogen and oxygen atoms in total. The average Bonchev–Trinajstić information content (AvgIpc) is 3.58. The molecule has 4 N–H and O–H groups in total. The molecule has 1 saturated carbocycles. The Morgan fingerprint density at radius 2 is 1.68 bits per heavy atom. The van der Waals surface area contributed by atoms with Crippen LogP contribution in [0.15, 0.2) is 42.5 Å². The van der Waals surface area contributed by atoms with E-state index in [-0.39, 0.29) is 12.8 Å². The van der Waals surface area contributed by atoms with Crippen molar-refractivity contribution in [3.05, 3.63) is 64.2 Å². The highest BCUT2D eigenvalue weighted by molar-refractivity contribution is 6.31. The molecule has 0 saturated heterocycles. The summed E-state index contributed by atoms with van der Waals surface area (Å²) in [5, 5.41) is 39.4. The first kappa shape index (κ1) is 24.0. The first-order valence-corrected chi connectivity index (χ1v) is 11.1. The third kappa shape index (κ3) is 8.07. The fourth-order valence-electron chi connectivity index (χ4n) is 3.35. The second-order valence-corrected chi connectivity index (χ2v) is 8.47. The van der Waals surface area contributed by atoms with Crippen molar-refractivity contribution < 1.29 is 29.9 Å². The third-order valence-corrected chi connectivity index (χ3v) is 5.62. The molecule has 2 aromatic carbocycles. The molecule has 3 unspecified atom stereocenters. The quantitative estimate of drug-likeness (QED) is 0.350. The summed E-state index contributed by atoms with van der Waals surface area (Å²) in [6.45, 7) is 0.712. The van der Waals surface area contributed by atoms with Gasteiger partial charge >= 0.3 is 0 Å². The highest BCUT2D eigenvalue weighted by Gasteiger charge is 2.21. The van der Waals surface area contributed by atoms with Crippen molar-refractivity contribution in [1.82, 2.24) is 0 Å². The SMILES string of the molecule is OCC(O)CC(O)CC(O)c1ccc(Cl)c(Cc2ccc(OCCOC3CC3)cc2)c1. The van der Waals surface area contributed by atoms with Gasteiger partial charge in [-0.05, 0) is 54.2 Å². The number of aliphatic hydroxyl groups is 4. The van der Waals surface area contributed by atoms with Gasteiger partial charge in [-0.25, -0.2) is 0 Å². The van der Waals surface area contributed by atoms with E-state index in [0.29, 0.717) is 36.3 Å². The maximum Gasteiger partial charge on any atom is 0.119 e. The zero-order chi connectivity index (χ0) is 22.2. The summed E-state index contributed by atoms with van der Waals surface area (Å²) in [6.07, 6.45) is 0.594. The van der Waals surface area contributed by atoms with Crippen LogP contribution >= 0.6 is 11.6 Å². The van der Waals surface area contributed by atoms with Crippen molar-refractivity contribution in [3.63, 3.8) is 0 Å². The smallest absolute Gasteiger partial charge is 0.119 e. The number of halogens is 1. The van der Waals surface area contributed by atoms with Crippen molar-refractivity contribution >= 4 is 11.6 Å². The van der Waals surface area contributed by atoms with E-state index >= 15 is 0 Å². The van der Waals surface area contributed by atoms with Crippen LogP contribution in [0.1, 0.15) is 48.5 Å². The fourth-order valence-corrected chi connectivity index (χ4v) is 3.53. The van der Waals surface area contributed by atoms with E-state index in [1.807, 2.05) is 30.3 Å². The Balaban J connectivity index is 1.54. The second-order valence-electron chi connectivity index (χ2n) is 8.07. The molecule has 0 aromatic heterocycles. The van der Waals surface area contributed by atoms with E-state index < -0.39 is 24.9 Å². The van der Waals surface area contributed by atoms with Gasteiger partial charge in [-0.3, -0.25) is 0 Å². The molecule has 7 heteroatoms. The van der Waals surface area contributed by atoms with Crippen LogP contribution in [-0.2, 0) is 11.2 Å². The third-order valence-electron chi connectivity index (χ3n) is 5.25. The predicted molar refractivity (Wildman–Crippen MR) is 118 cm³/mol. The first-order chi connectivity index (χ1) is 14.9. The molecule has 0 aliphatic heterocycles. The van der Waals surface area contributed by atoms with Crippen molar-refractivity contribution in [2.45, 2.75) is 56.5 Å². The fraction of sp³-hybridized carbons (Fsp3) is 0.500. The van der Waals surface area contributed by atoms with Crippen LogP contribution in [0.5, 0.6) is 5.75 Å². The van der Waals surface area contributed by atoms with E-state index in [9.17, 15) is 15.3 Å². The normalized spacial score (nSPS) is 16.7. The van der Waals surface area contributed by atoms with Crippen LogP contribution in [0.2, 0.25) is 5.02 Å². The van der Waals surface area contributed by atoms with Crippen LogP contribution < -0.4 is 4.74 Å². The molecule has 2 aromatic rings. The van der Waals surface area contributed by atoms with Crippen LogP contribution in [0, 0.1) is 0 Å². The van der Waals surface area contributed by atoms with E-state index in [1.165, 1.54) is 0 Å². The van der Waals surface area contributed by atoms with Crippen LogP contribution in [0.25, 0.3) is 0 Å². The molecule has 0 amide bonds. The van der Waals surface area contributed by atoms with E-state index in [1.54, 1.807) is 12.1 Å². The molecule has 0 radical (unpaired) electrons. The molecule has 3 rings (SSSR count). The Morgan fingerprint density at radius 1 is 0.935 bits per heavy atom. The maximum absolute atomic E-state index is 10.5. The van der Waals surface area contributed by atoms with Crippen LogP contribution in [-0.4, -0.2) is 58.6 Å². The first-order valence-electron chi connectivity index (χ1n) is 10.7. The Bertz CT molecular complexity index is 808. The Morgan fingerprint density at radius 3 is 2.35 bits per heavy atom. The number of aliphatic hydroxyl groups excluding tert-OH is 4. The molecule has 0 heterocycles. The largest absolute Gasteiger partial charge is 0.491 e. The minimum atomic E-state index is -0.999. The standard InChI is InChI=1S/C24H31ClO6/c25-23-8-3-17(24(29)14-19(27)13-20(28)15-26)12-18(23)11-16-1-4-21(5-2-16)30-9-10-31-22-6-7-22/h1-5,8,12,19-20,22,24,26-29H,6-7,9-11,13-15H2. The molecule has 31 heavy (non-hydrogen) atoms. The number of rotatable bonds is 13. The van der Waals surface area contributed by atoms with Gasteiger partial charge in [0.2, 0.25) is 0 Å². The Kier molecular flexibility index (Phi) is 9.14. The van der Waals surface area contributed by atoms with Crippen molar-refractivity contribution in [1.29, 1.82) is 0 Å². The van der Waals surface area contributed by atoms with Crippen LogP contribution in [0.3, 0.4) is 0 Å². The van der Waals surface area contributed by atoms with Gasteiger partial charge in [-0.15, -0.1) is 0 Å². The lowest BCUT2D eigenvalue weighted by Gasteiger charge is -2.19. The molecular formula is C24H31ClO6. The zero-order valence-corrected chi connectivity index (χ0v) is 18.2. The minimum absolute atomic E-state index is 0.00906. The molecular weight excluding hydrogens is 420 g/mol. The zero-order valence-electron chi connectivity index (χ0n) is 17.5. The van der Waals surface area contributed by atoms with Gasteiger partial charge in [0, 0.05) is 17.9 Å². The van der Waals surface area contributed by atoms with Gasteiger partial charge in [0.15, 0.2) is 0 Å². The number of ether oxygens (including phenoxy) is 2. The Hall–Kier alpha value is -1.67. The molecule has 0 bridgehead atoms. The Labute approximate surface area is 188 Å². The van der Waals surface area contributed by atoms with Gasteiger partial charge in [0.05, 0.1) is 37.6 Å². The lowest BCUT2D eigenvalue weighted by molar-refractivity contribution is 0.0180. The van der Waals surface area contributed by atoms with E-state index in [4.69, 9.17) is 26.2 Å². The number of hydrogen-bond acceptors (Lipinski definition) is 6. The highest BCUT2D eigenvalue weighted by Crippen LogP contribution is 2.27. The van der Waals surface area contributed by atoms with E-state index in [2.05, 4.69) is 0 Å². The summed E-state index contributed by atoms with van der Waals surface area (Å²) in [7, 11) is 0. The van der Waals surface area contributed by atoms with Crippen molar-refractivity contribution in [2.24, 2.45) is 0 Å². The molecule has 0 spiro atoms. The molecule has 170 valence electrons. The minimum Gasteiger partial charge on any atom is -0.491 e. The monoisotopic (exact) mass is 450 g/mol. The second kappa shape index (κ2) is 11.8. The summed E-state index contributed by atoms with van der Waals surface area (Å²) in [4.78, 5) is 0. The van der Waals surface area contributed by atoms with Gasteiger partial charge in [-0.2, -0.15) is 0 Å². The predicted octanol–water partition coefficient (Wildman–Crippen LogP) is 3.02. The van der Waals surface area contributed by atoms with Gasteiger partial charge in [0.25, 0.3) is 0 Å². The number of hydrogen-bond donors (Lipinski definition) is 4. The lowest BCUT2D eigenvalue weighted by Crippen LogP contribution is -2.22. The topological polar surface area (TPSA) is 99.4 Å². The summed E-state index contributed by atoms with van der Waals surface area (Å²) < 4.78 is 11.3. The summed E-state index contributed by atoms with van der Waals surface area (Å²) in [5.74, 6) is 0.789. The molecule has 1 aliphatic carbocycles. The van der Waals surface area contributed by atoms with Crippen molar-refractivity contribution in [2.75, 3.05) is 19.8 Å². The van der Waals surface area contributed by atoms with Crippen molar-refractivity contribution in [3.8, 4) is 5.75 Å². The summed E-state index contributed by atoms with van der Waals surface area (Å²) >= 11 is 6.36. The highest BCUT2D eigenvalue weighted by atomic mass is 35.5. The van der Waals surface area contributed by atoms with Gasteiger partial charge in [-0.1, -0.05) is 35.9 Å². The maximum atomic E-state index is 10.5. The lowest BCUT2D eigenvalue weighted by atomic mass is 9.96.